The molecule has 3 nitrogen and oxygen atoms in total. The zero-order chi connectivity index (χ0) is 48.4. The normalized spacial score (nSPS) is 13.6. The van der Waals surface area contributed by atoms with E-state index in [1.807, 2.05) is 11.3 Å². The topological polar surface area (TPSA) is 15.7 Å². The van der Waals surface area contributed by atoms with E-state index in [0.29, 0.717) is 0 Å². The summed E-state index contributed by atoms with van der Waals surface area (Å²) < 4.78 is 9.72. The highest BCUT2D eigenvalue weighted by Gasteiger charge is 2.44. The van der Waals surface area contributed by atoms with Gasteiger partial charge in [0.05, 0.1) is 5.69 Å². The number of fused-ring (bicyclic) bond motifs is 7. The van der Waals surface area contributed by atoms with Gasteiger partial charge in [0, 0.05) is 48.6 Å². The van der Waals surface area contributed by atoms with Gasteiger partial charge in [-0.25, -0.2) is 0 Å². The van der Waals surface area contributed by atoms with Crippen molar-refractivity contribution < 1.29 is 4.74 Å². The van der Waals surface area contributed by atoms with Gasteiger partial charge in [-0.3, -0.25) is 0 Å². The van der Waals surface area contributed by atoms with Gasteiger partial charge >= 0.3 is 0 Å². The highest BCUT2D eigenvalue weighted by atomic mass is 32.1. The molecule has 0 saturated carbocycles. The molecule has 0 fully saturated rings. The molecule has 0 spiro atoms. The van der Waals surface area contributed by atoms with Crippen molar-refractivity contribution in [2.75, 3.05) is 9.80 Å². The molecule has 11 rings (SSSR count). The van der Waals surface area contributed by atoms with Gasteiger partial charge in [-0.05, 0) is 138 Å². The molecular formula is C64H63BN2OS. The molecule has 5 heteroatoms. The summed E-state index contributed by atoms with van der Waals surface area (Å²) in [6, 6.07) is 62.0. The van der Waals surface area contributed by atoms with Crippen molar-refractivity contribution in [3.63, 3.8) is 0 Å². The molecule has 3 heterocycles. The van der Waals surface area contributed by atoms with Crippen LogP contribution in [-0.2, 0) is 21.7 Å². The van der Waals surface area contributed by atoms with Crippen molar-refractivity contribution in [1.29, 1.82) is 0 Å². The highest BCUT2D eigenvalue weighted by molar-refractivity contribution is 7.26. The van der Waals surface area contributed by atoms with Crippen LogP contribution >= 0.6 is 11.3 Å². The van der Waals surface area contributed by atoms with E-state index in [9.17, 15) is 0 Å². The van der Waals surface area contributed by atoms with Gasteiger partial charge in [-0.2, -0.15) is 0 Å². The fourth-order valence-electron chi connectivity index (χ4n) is 10.5. The summed E-state index contributed by atoms with van der Waals surface area (Å²) in [5.41, 5.74) is 18.0. The van der Waals surface area contributed by atoms with Crippen LogP contribution in [0.25, 0.3) is 31.3 Å². The van der Waals surface area contributed by atoms with Crippen molar-refractivity contribution >= 4 is 88.7 Å². The fraction of sp³-hybridized carbons (Fsp3) is 0.250. The van der Waals surface area contributed by atoms with Gasteiger partial charge in [-0.15, -0.1) is 11.3 Å². The standard InChI is InChI=1S/C64H63BN2OS/c1-61(2,3)42-22-28-46(29-23-42)66(47-30-24-43(25-31-47)62(4,5)6)48-38-53(59-49-20-16-17-21-57(49)69-58(59)39-48)67-52-32-26-44(63(7,8)9)36-50(52)65-51-37-45(64(10,11)12)27-33-55(51)68-56-35-41(34-54(67)60(56)65)40-18-14-13-15-19-40/h13-39H,1-12H3. The molecule has 0 N–H and O–H groups in total. The van der Waals surface area contributed by atoms with Crippen LogP contribution in [-0.4, -0.2) is 6.71 Å². The third-order valence-electron chi connectivity index (χ3n) is 14.5. The van der Waals surface area contributed by atoms with E-state index in [1.54, 1.807) is 0 Å². The molecule has 8 aromatic carbocycles. The minimum absolute atomic E-state index is 0.0270. The van der Waals surface area contributed by atoms with E-state index >= 15 is 0 Å². The third-order valence-corrected chi connectivity index (χ3v) is 15.7. The second-order valence-electron chi connectivity index (χ2n) is 23.5. The number of ether oxygens (including phenoxy) is 1. The van der Waals surface area contributed by atoms with Crippen LogP contribution in [0.3, 0.4) is 0 Å². The molecule has 1 aromatic heterocycles. The maximum absolute atomic E-state index is 7.21. The molecule has 0 saturated heterocycles. The first-order valence-corrected chi connectivity index (χ1v) is 25.5. The Kier molecular flexibility index (Phi) is 10.4. The van der Waals surface area contributed by atoms with Gasteiger partial charge in [-0.1, -0.05) is 180 Å². The number of hydrogen-bond donors (Lipinski definition) is 0. The second-order valence-corrected chi connectivity index (χ2v) is 24.6. The summed E-state index contributed by atoms with van der Waals surface area (Å²) in [6.45, 7) is 27.6. The molecule has 0 radical (unpaired) electrons. The van der Waals surface area contributed by atoms with E-state index in [2.05, 4.69) is 257 Å². The van der Waals surface area contributed by atoms with Gasteiger partial charge in [0.15, 0.2) is 0 Å². The lowest BCUT2D eigenvalue weighted by atomic mass is 9.33. The van der Waals surface area contributed by atoms with E-state index in [1.165, 1.54) is 64.5 Å². The molecule has 0 bridgehead atoms. The molecule has 69 heavy (non-hydrogen) atoms. The molecule has 0 atom stereocenters. The Bertz CT molecular complexity index is 3390. The average molecular weight is 919 g/mol. The van der Waals surface area contributed by atoms with Crippen LogP contribution in [0, 0.1) is 0 Å². The maximum Gasteiger partial charge on any atom is 0.256 e. The summed E-state index contributed by atoms with van der Waals surface area (Å²) in [5, 5.41) is 2.51. The molecule has 9 aromatic rings. The zero-order valence-corrected chi connectivity index (χ0v) is 43.2. The number of anilines is 6. The van der Waals surface area contributed by atoms with Gasteiger partial charge in [0.25, 0.3) is 6.71 Å². The number of rotatable bonds is 5. The Hall–Kier alpha value is -6.56. The Labute approximate surface area is 414 Å². The quantitative estimate of drug-likeness (QED) is 0.160. The Morgan fingerprint density at radius 1 is 0.420 bits per heavy atom. The first-order chi connectivity index (χ1) is 32.7. The lowest BCUT2D eigenvalue weighted by Gasteiger charge is -2.42. The number of nitrogens with zero attached hydrogens (tertiary/aromatic N) is 2. The number of benzene rings is 8. The average Bonchev–Trinajstić information content (AvgIpc) is 3.69. The predicted octanol–water partition coefficient (Wildman–Crippen LogP) is 16.8. The second kappa shape index (κ2) is 16.0. The monoisotopic (exact) mass is 918 g/mol. The SMILES string of the molecule is CC(C)(C)c1ccc(N(c2ccc(C(C)(C)C)cc2)c2cc(N3c4ccc(C(C)(C)C)cc4B4c5cc(C(C)(C)C)ccc5Oc5cc(-c6ccccc6)cc3c54)c3c(c2)sc2ccccc23)cc1. The first-order valence-electron chi connectivity index (χ1n) is 24.7. The van der Waals surface area contributed by atoms with Crippen LogP contribution in [0.4, 0.5) is 34.1 Å². The minimum atomic E-state index is -0.0658. The summed E-state index contributed by atoms with van der Waals surface area (Å²) in [7, 11) is 0. The molecule has 2 aliphatic heterocycles. The lowest BCUT2D eigenvalue weighted by Crippen LogP contribution is -2.60. The summed E-state index contributed by atoms with van der Waals surface area (Å²) in [4.78, 5) is 5.06. The van der Waals surface area contributed by atoms with Crippen molar-refractivity contribution in [1.82, 2.24) is 0 Å². The summed E-state index contributed by atoms with van der Waals surface area (Å²) in [6.07, 6.45) is 0. The maximum atomic E-state index is 7.21. The minimum Gasteiger partial charge on any atom is -0.458 e. The van der Waals surface area contributed by atoms with E-state index in [-0.39, 0.29) is 28.4 Å². The van der Waals surface area contributed by atoms with E-state index < -0.39 is 0 Å². The van der Waals surface area contributed by atoms with E-state index in [0.717, 1.165) is 51.1 Å². The Morgan fingerprint density at radius 2 is 0.971 bits per heavy atom. The van der Waals surface area contributed by atoms with Crippen LogP contribution in [0.5, 0.6) is 11.5 Å². The Morgan fingerprint density at radius 3 is 1.58 bits per heavy atom. The van der Waals surface area contributed by atoms with E-state index in [4.69, 9.17) is 4.74 Å². The van der Waals surface area contributed by atoms with Crippen LogP contribution in [0.1, 0.15) is 105 Å². The molecule has 0 unspecified atom stereocenters. The lowest BCUT2D eigenvalue weighted by molar-refractivity contribution is 0.486. The van der Waals surface area contributed by atoms with Gasteiger partial charge in [0.2, 0.25) is 0 Å². The molecular weight excluding hydrogens is 856 g/mol. The van der Waals surface area contributed by atoms with Crippen LogP contribution < -0.4 is 30.9 Å². The zero-order valence-electron chi connectivity index (χ0n) is 42.4. The smallest absolute Gasteiger partial charge is 0.256 e. The summed E-state index contributed by atoms with van der Waals surface area (Å²) >= 11 is 1.88. The molecule has 0 aliphatic carbocycles. The fourth-order valence-corrected chi connectivity index (χ4v) is 11.7. The van der Waals surface area contributed by atoms with Gasteiger partial charge < -0.3 is 14.5 Å². The van der Waals surface area contributed by atoms with Crippen molar-refractivity contribution in [2.24, 2.45) is 0 Å². The summed E-state index contributed by atoms with van der Waals surface area (Å²) in [5.74, 6) is 1.84. The molecule has 0 amide bonds. The van der Waals surface area contributed by atoms with Crippen molar-refractivity contribution in [2.45, 2.75) is 105 Å². The third kappa shape index (κ3) is 7.84. The van der Waals surface area contributed by atoms with Crippen LogP contribution in [0.15, 0.2) is 164 Å². The largest absolute Gasteiger partial charge is 0.458 e. The molecule has 344 valence electrons. The molecule has 2 aliphatic rings. The highest BCUT2D eigenvalue weighted by Crippen LogP contribution is 2.51. The van der Waals surface area contributed by atoms with Crippen molar-refractivity contribution in [3.8, 4) is 22.6 Å². The van der Waals surface area contributed by atoms with Crippen LogP contribution in [0.2, 0.25) is 0 Å². The van der Waals surface area contributed by atoms with Gasteiger partial charge in [0.1, 0.15) is 11.5 Å². The first kappa shape index (κ1) is 44.9. The number of thiophene rings is 1. The Balaban J connectivity index is 1.24. The number of hydrogen-bond acceptors (Lipinski definition) is 4. The van der Waals surface area contributed by atoms with Crippen molar-refractivity contribution in [3.05, 3.63) is 186 Å². The predicted molar refractivity (Wildman–Crippen MR) is 300 cm³/mol.